The molecule has 0 spiro atoms. The Hall–Kier alpha value is -1.82. The van der Waals surface area contributed by atoms with E-state index < -0.39 is 4.87 Å². The lowest BCUT2D eigenvalue weighted by Gasteiger charge is -2.30. The van der Waals surface area contributed by atoms with E-state index >= 15 is 0 Å². The molecular formula is C13H15N3O2S. The lowest BCUT2D eigenvalue weighted by atomic mass is 10.1. The van der Waals surface area contributed by atoms with Crippen molar-refractivity contribution in [1.29, 1.82) is 0 Å². The van der Waals surface area contributed by atoms with Crippen LogP contribution in [0.15, 0.2) is 35.4 Å². The van der Waals surface area contributed by atoms with Crippen LogP contribution in [0.1, 0.15) is 26.3 Å². The zero-order valence-electron chi connectivity index (χ0n) is 11.0. The summed E-state index contributed by atoms with van der Waals surface area (Å²) < 4.78 is 0. The average Bonchev–Trinajstić information content (AvgIpc) is 2.68. The minimum atomic E-state index is -0.634. The molecule has 19 heavy (non-hydrogen) atoms. The molecule has 1 aromatic rings. The fourth-order valence-corrected chi connectivity index (χ4v) is 3.14. The molecule has 1 aliphatic rings. The average molecular weight is 277 g/mol. The lowest BCUT2D eigenvalue weighted by molar-refractivity contribution is -0.131. The Kier molecular flexibility index (Phi) is 3.61. The minimum Gasteiger partial charge on any atom is -0.304 e. The number of benzene rings is 1. The molecule has 1 atom stereocenters. The first-order valence-corrected chi connectivity index (χ1v) is 6.66. The summed E-state index contributed by atoms with van der Waals surface area (Å²) in [5.74, 6) is -0.369. The molecule has 1 aliphatic heterocycles. The molecule has 0 bridgehead atoms. The number of amidine groups is 1. The molecule has 6 heteroatoms. The molecular weight excluding hydrogens is 262 g/mol. The van der Waals surface area contributed by atoms with Crippen LogP contribution in [0.3, 0.4) is 0 Å². The van der Waals surface area contributed by atoms with Crippen molar-refractivity contribution in [1.82, 2.24) is 10.3 Å². The number of hydrogen-bond acceptors (Lipinski definition) is 4. The van der Waals surface area contributed by atoms with Gasteiger partial charge in [-0.3, -0.25) is 9.59 Å². The van der Waals surface area contributed by atoms with Crippen molar-refractivity contribution in [2.75, 3.05) is 0 Å². The number of carbonyl (C=O) groups is 2. The quantitative estimate of drug-likeness (QED) is 0.852. The van der Waals surface area contributed by atoms with Crippen LogP contribution in [-0.4, -0.2) is 22.0 Å². The molecule has 0 fully saturated rings. The van der Waals surface area contributed by atoms with Crippen molar-refractivity contribution in [3.8, 4) is 0 Å². The van der Waals surface area contributed by atoms with Crippen LogP contribution < -0.4 is 5.32 Å². The van der Waals surface area contributed by atoms with Gasteiger partial charge in [0.25, 0.3) is 0 Å². The first-order valence-electron chi connectivity index (χ1n) is 5.85. The van der Waals surface area contributed by atoms with E-state index in [1.807, 2.05) is 37.3 Å². The fourth-order valence-electron chi connectivity index (χ4n) is 1.94. The number of thioether (sulfide) groups is 1. The summed E-state index contributed by atoms with van der Waals surface area (Å²) in [5, 5.41) is 8.66. The molecule has 0 radical (unpaired) electrons. The van der Waals surface area contributed by atoms with Gasteiger partial charge in [0.1, 0.15) is 4.87 Å². The molecule has 2 amide bonds. The molecule has 5 nitrogen and oxygen atoms in total. The largest absolute Gasteiger partial charge is 0.304 e. The van der Waals surface area contributed by atoms with Gasteiger partial charge in [-0.15, -0.1) is 5.10 Å². The van der Waals surface area contributed by atoms with Crippen molar-refractivity contribution in [2.45, 2.75) is 25.6 Å². The monoisotopic (exact) mass is 277 g/mol. The van der Waals surface area contributed by atoms with E-state index in [0.717, 1.165) is 5.56 Å². The zero-order valence-corrected chi connectivity index (χ0v) is 11.8. The lowest BCUT2D eigenvalue weighted by Crippen LogP contribution is -2.37. The standard InChI is InChI=1S/C13H15N3O2S/c1-9(17)14-12-15-16(10(2)18)13(3,19-12)11-7-5-4-6-8-11/h4-8H,1-3H3,(H,14,15,17)/t13-/m0/s1. The van der Waals surface area contributed by atoms with Gasteiger partial charge in [0.15, 0.2) is 5.17 Å². The predicted octanol–water partition coefficient (Wildman–Crippen LogP) is 1.86. The normalized spacial score (nSPS) is 22.1. The third-order valence-corrected chi connectivity index (χ3v) is 3.96. The third kappa shape index (κ3) is 2.63. The highest BCUT2D eigenvalue weighted by Gasteiger charge is 2.43. The number of hydrazone groups is 1. The van der Waals surface area contributed by atoms with Gasteiger partial charge in [-0.05, 0) is 12.5 Å². The molecule has 1 N–H and O–H groups in total. The number of nitrogens with one attached hydrogen (secondary N) is 1. The van der Waals surface area contributed by atoms with Gasteiger partial charge >= 0.3 is 0 Å². The first kappa shape index (κ1) is 13.6. The number of nitrogens with zero attached hydrogens (tertiary/aromatic N) is 2. The summed E-state index contributed by atoms with van der Waals surface area (Å²) in [7, 11) is 0. The Morgan fingerprint density at radius 1 is 1.26 bits per heavy atom. The summed E-state index contributed by atoms with van der Waals surface area (Å²) in [6, 6.07) is 9.62. The maximum atomic E-state index is 11.8. The van der Waals surface area contributed by atoms with E-state index in [2.05, 4.69) is 10.4 Å². The molecule has 1 heterocycles. The topological polar surface area (TPSA) is 61.8 Å². The Labute approximate surface area is 116 Å². The van der Waals surface area contributed by atoms with E-state index in [0.29, 0.717) is 5.17 Å². The van der Waals surface area contributed by atoms with Crippen LogP contribution in [0, 0.1) is 0 Å². The smallest absolute Gasteiger partial charge is 0.241 e. The van der Waals surface area contributed by atoms with Gasteiger partial charge in [-0.2, -0.15) is 0 Å². The third-order valence-electron chi connectivity index (χ3n) is 2.78. The van der Waals surface area contributed by atoms with Crippen LogP contribution in [0.2, 0.25) is 0 Å². The van der Waals surface area contributed by atoms with Crippen molar-refractivity contribution in [3.05, 3.63) is 35.9 Å². The highest BCUT2D eigenvalue weighted by molar-refractivity contribution is 8.14. The van der Waals surface area contributed by atoms with Crippen molar-refractivity contribution >= 4 is 28.7 Å². The zero-order chi connectivity index (χ0) is 14.0. The Morgan fingerprint density at radius 3 is 2.42 bits per heavy atom. The van der Waals surface area contributed by atoms with Gasteiger partial charge in [0.2, 0.25) is 11.8 Å². The molecule has 100 valence electrons. The van der Waals surface area contributed by atoms with Gasteiger partial charge in [-0.25, -0.2) is 5.01 Å². The van der Waals surface area contributed by atoms with E-state index in [1.54, 1.807) is 0 Å². The predicted molar refractivity (Wildman–Crippen MR) is 75.2 cm³/mol. The molecule has 2 rings (SSSR count). The minimum absolute atomic E-state index is 0.167. The second-order valence-corrected chi connectivity index (χ2v) is 5.75. The van der Waals surface area contributed by atoms with Gasteiger partial charge in [0.05, 0.1) is 0 Å². The second kappa shape index (κ2) is 5.05. The number of rotatable bonds is 1. The molecule has 0 unspecified atom stereocenters. The second-order valence-electron chi connectivity index (χ2n) is 4.37. The SMILES string of the molecule is CC(=O)NC1=NN(C(C)=O)[C@](C)(c2ccccc2)S1. The fraction of sp³-hybridized carbons (Fsp3) is 0.308. The van der Waals surface area contributed by atoms with Gasteiger partial charge in [0, 0.05) is 13.8 Å². The van der Waals surface area contributed by atoms with Gasteiger partial charge < -0.3 is 5.32 Å². The highest BCUT2D eigenvalue weighted by atomic mass is 32.2. The molecule has 0 aliphatic carbocycles. The first-order chi connectivity index (χ1) is 8.93. The van der Waals surface area contributed by atoms with E-state index in [1.165, 1.54) is 30.6 Å². The maximum absolute atomic E-state index is 11.8. The van der Waals surface area contributed by atoms with E-state index in [-0.39, 0.29) is 11.8 Å². The van der Waals surface area contributed by atoms with Crippen molar-refractivity contribution in [2.24, 2.45) is 5.10 Å². The summed E-state index contributed by atoms with van der Waals surface area (Å²) >= 11 is 1.35. The molecule has 1 aromatic carbocycles. The summed E-state index contributed by atoms with van der Waals surface area (Å²) in [6.07, 6.45) is 0. The van der Waals surface area contributed by atoms with Crippen molar-refractivity contribution < 1.29 is 9.59 Å². The Bertz CT molecular complexity index is 544. The molecule has 0 saturated carbocycles. The van der Waals surface area contributed by atoms with Crippen molar-refractivity contribution in [3.63, 3.8) is 0 Å². The van der Waals surface area contributed by atoms with Gasteiger partial charge in [-0.1, -0.05) is 42.1 Å². The van der Waals surface area contributed by atoms with Crippen LogP contribution >= 0.6 is 11.8 Å². The summed E-state index contributed by atoms with van der Waals surface area (Å²) in [6.45, 7) is 4.79. The summed E-state index contributed by atoms with van der Waals surface area (Å²) in [4.78, 5) is 22.2. The highest BCUT2D eigenvalue weighted by Crippen LogP contribution is 2.44. The van der Waals surface area contributed by atoms with Crippen LogP contribution in [0.5, 0.6) is 0 Å². The molecule has 0 aromatic heterocycles. The van der Waals surface area contributed by atoms with Crippen LogP contribution in [-0.2, 0) is 14.5 Å². The Morgan fingerprint density at radius 2 is 1.89 bits per heavy atom. The van der Waals surface area contributed by atoms with E-state index in [4.69, 9.17) is 0 Å². The number of amides is 2. The molecule has 0 saturated heterocycles. The van der Waals surface area contributed by atoms with E-state index in [9.17, 15) is 9.59 Å². The number of carbonyl (C=O) groups excluding carboxylic acids is 2. The van der Waals surface area contributed by atoms with Crippen LogP contribution in [0.25, 0.3) is 0 Å². The maximum Gasteiger partial charge on any atom is 0.241 e. The Balaban J connectivity index is 2.36. The number of hydrogen-bond donors (Lipinski definition) is 1. The van der Waals surface area contributed by atoms with Crippen LogP contribution in [0.4, 0.5) is 0 Å². The summed E-state index contributed by atoms with van der Waals surface area (Å²) in [5.41, 5.74) is 0.958.